The van der Waals surface area contributed by atoms with Gasteiger partial charge in [0.05, 0.1) is 12.4 Å². The van der Waals surface area contributed by atoms with Gasteiger partial charge in [-0.25, -0.2) is 0 Å². The second-order valence-electron chi connectivity index (χ2n) is 4.43. The molecule has 0 radical (unpaired) electrons. The minimum absolute atomic E-state index is 0.472. The first-order valence-electron chi connectivity index (χ1n) is 5.99. The molecule has 1 atom stereocenters. The Morgan fingerprint density at radius 2 is 1.42 bits per heavy atom. The minimum atomic E-state index is -3.43. The molecule has 0 heterocycles. The molecule has 2 aromatic rings. The highest BCUT2D eigenvalue weighted by Gasteiger charge is 2.12. The van der Waals surface area contributed by atoms with Crippen molar-refractivity contribution in [1.29, 1.82) is 0 Å². The fourth-order valence-corrected chi connectivity index (χ4v) is 2.53. The summed E-state index contributed by atoms with van der Waals surface area (Å²) in [6.07, 6.45) is 0.585. The molecule has 19 heavy (non-hydrogen) atoms. The van der Waals surface area contributed by atoms with Crippen LogP contribution in [0.1, 0.15) is 18.6 Å². The van der Waals surface area contributed by atoms with Gasteiger partial charge in [-0.05, 0) is 23.6 Å². The van der Waals surface area contributed by atoms with Gasteiger partial charge in [-0.2, -0.15) is 8.42 Å². The van der Waals surface area contributed by atoms with Crippen LogP contribution < -0.4 is 0 Å². The van der Waals surface area contributed by atoms with Gasteiger partial charge in [0.2, 0.25) is 0 Å². The molecule has 0 fully saturated rings. The van der Waals surface area contributed by atoms with Crippen molar-refractivity contribution in [3.05, 3.63) is 60.2 Å². The summed E-state index contributed by atoms with van der Waals surface area (Å²) in [5, 5.41) is 0. The maximum atomic E-state index is 11.1. The van der Waals surface area contributed by atoms with Gasteiger partial charge >= 0.3 is 0 Å². The highest BCUT2D eigenvalue weighted by atomic mass is 32.2. The first-order valence-corrected chi connectivity index (χ1v) is 7.81. The summed E-state index contributed by atoms with van der Waals surface area (Å²) < 4.78 is 27.1. The molecule has 100 valence electrons. The molecule has 0 saturated heterocycles. The van der Waals surface area contributed by atoms with Crippen molar-refractivity contribution in [2.24, 2.45) is 0 Å². The number of hydrogen-bond donors (Lipinski definition) is 0. The number of benzene rings is 2. The van der Waals surface area contributed by atoms with E-state index in [2.05, 4.69) is 0 Å². The Hall–Kier alpha value is -1.65. The summed E-state index contributed by atoms with van der Waals surface area (Å²) in [7, 11) is -3.43. The Balaban J connectivity index is 2.19. The highest BCUT2D eigenvalue weighted by Crippen LogP contribution is 2.23. The third-order valence-electron chi connectivity index (χ3n) is 2.81. The van der Waals surface area contributed by atoms with E-state index in [1.807, 2.05) is 54.6 Å². The fourth-order valence-electron chi connectivity index (χ4n) is 1.89. The molecule has 2 rings (SSSR count). The van der Waals surface area contributed by atoms with Crippen LogP contribution in [0.2, 0.25) is 0 Å². The predicted octanol–water partition coefficient (Wildman–Crippen LogP) is 3.39. The average molecular weight is 276 g/mol. The van der Waals surface area contributed by atoms with E-state index in [0.29, 0.717) is 0 Å². The van der Waals surface area contributed by atoms with E-state index in [0.717, 1.165) is 22.9 Å². The average Bonchev–Trinajstić information content (AvgIpc) is 2.38. The van der Waals surface area contributed by atoms with Gasteiger partial charge in [0.25, 0.3) is 10.1 Å². The summed E-state index contributed by atoms with van der Waals surface area (Å²) >= 11 is 0. The van der Waals surface area contributed by atoms with E-state index in [1.54, 1.807) is 6.92 Å². The van der Waals surface area contributed by atoms with Crippen LogP contribution in [-0.4, -0.2) is 14.7 Å². The summed E-state index contributed by atoms with van der Waals surface area (Å²) in [6.45, 7) is 1.72. The van der Waals surface area contributed by atoms with Crippen LogP contribution in [0.3, 0.4) is 0 Å². The maximum Gasteiger partial charge on any atom is 0.264 e. The molecular formula is C15H16O3S. The molecule has 0 saturated carbocycles. The van der Waals surface area contributed by atoms with Crippen molar-refractivity contribution >= 4 is 10.1 Å². The molecule has 0 amide bonds. The Kier molecular flexibility index (Phi) is 4.02. The fraction of sp³-hybridized carbons (Fsp3) is 0.200. The zero-order chi connectivity index (χ0) is 13.9. The topological polar surface area (TPSA) is 43.4 Å². The molecular weight excluding hydrogens is 260 g/mol. The molecule has 0 bridgehead atoms. The van der Waals surface area contributed by atoms with Crippen LogP contribution in [0, 0.1) is 0 Å². The third kappa shape index (κ3) is 3.91. The summed E-state index contributed by atoms with van der Waals surface area (Å²) in [5.41, 5.74) is 3.06. The lowest BCUT2D eigenvalue weighted by atomic mass is 10.0. The molecule has 1 unspecified atom stereocenters. The lowest BCUT2D eigenvalue weighted by molar-refractivity contribution is 0.237. The van der Waals surface area contributed by atoms with Crippen molar-refractivity contribution in [3.8, 4) is 11.1 Å². The SMILES string of the molecule is CC(OS(C)(=O)=O)c1ccc(-c2ccccc2)cc1. The van der Waals surface area contributed by atoms with Crippen molar-refractivity contribution in [3.63, 3.8) is 0 Å². The van der Waals surface area contributed by atoms with Crippen molar-refractivity contribution in [2.75, 3.05) is 6.26 Å². The molecule has 0 aliphatic rings. The van der Waals surface area contributed by atoms with Crippen LogP contribution in [-0.2, 0) is 14.3 Å². The molecule has 2 aromatic carbocycles. The standard InChI is InChI=1S/C15H16O3S/c1-12(18-19(2,16)17)13-8-10-15(11-9-13)14-6-4-3-5-7-14/h3-12H,1-2H3. The number of rotatable bonds is 4. The summed E-state index contributed by atoms with van der Waals surface area (Å²) in [4.78, 5) is 0. The van der Waals surface area contributed by atoms with Gasteiger partial charge in [0.15, 0.2) is 0 Å². The van der Waals surface area contributed by atoms with Gasteiger partial charge in [0.1, 0.15) is 0 Å². The van der Waals surface area contributed by atoms with Crippen molar-refractivity contribution in [2.45, 2.75) is 13.0 Å². The first kappa shape index (κ1) is 13.8. The lowest BCUT2D eigenvalue weighted by Gasteiger charge is -2.12. The van der Waals surface area contributed by atoms with E-state index in [4.69, 9.17) is 4.18 Å². The second kappa shape index (κ2) is 5.55. The van der Waals surface area contributed by atoms with Gasteiger partial charge < -0.3 is 0 Å². The zero-order valence-corrected chi connectivity index (χ0v) is 11.7. The van der Waals surface area contributed by atoms with Gasteiger partial charge in [0, 0.05) is 0 Å². The van der Waals surface area contributed by atoms with Gasteiger partial charge in [-0.15, -0.1) is 0 Å². The van der Waals surface area contributed by atoms with E-state index in [1.165, 1.54) is 0 Å². The van der Waals surface area contributed by atoms with Gasteiger partial charge in [-0.1, -0.05) is 54.6 Å². The molecule has 0 aliphatic heterocycles. The zero-order valence-electron chi connectivity index (χ0n) is 10.9. The minimum Gasteiger partial charge on any atom is -0.262 e. The second-order valence-corrected chi connectivity index (χ2v) is 6.03. The Morgan fingerprint density at radius 3 is 1.95 bits per heavy atom. The highest BCUT2D eigenvalue weighted by molar-refractivity contribution is 7.86. The maximum absolute atomic E-state index is 11.1. The monoisotopic (exact) mass is 276 g/mol. The molecule has 0 aliphatic carbocycles. The van der Waals surface area contributed by atoms with Crippen LogP contribution in [0.15, 0.2) is 54.6 Å². The molecule has 3 nitrogen and oxygen atoms in total. The van der Waals surface area contributed by atoms with Crippen molar-refractivity contribution < 1.29 is 12.6 Å². The van der Waals surface area contributed by atoms with Crippen LogP contribution in [0.25, 0.3) is 11.1 Å². The smallest absolute Gasteiger partial charge is 0.262 e. The normalized spacial score (nSPS) is 13.2. The van der Waals surface area contributed by atoms with Crippen LogP contribution in [0.4, 0.5) is 0 Å². The lowest BCUT2D eigenvalue weighted by Crippen LogP contribution is -2.07. The third-order valence-corrected chi connectivity index (χ3v) is 3.44. The van der Waals surface area contributed by atoms with Crippen LogP contribution in [0.5, 0.6) is 0 Å². The Bertz CT molecular complexity index is 631. The summed E-state index contributed by atoms with van der Waals surface area (Å²) in [6, 6.07) is 17.7. The molecule has 4 heteroatoms. The van der Waals surface area contributed by atoms with E-state index in [-0.39, 0.29) is 0 Å². The molecule has 0 aromatic heterocycles. The van der Waals surface area contributed by atoms with E-state index >= 15 is 0 Å². The molecule has 0 N–H and O–H groups in total. The van der Waals surface area contributed by atoms with E-state index in [9.17, 15) is 8.42 Å². The van der Waals surface area contributed by atoms with Gasteiger partial charge in [-0.3, -0.25) is 4.18 Å². The quantitative estimate of drug-likeness (QED) is 0.804. The van der Waals surface area contributed by atoms with E-state index < -0.39 is 16.2 Å². The molecule has 0 spiro atoms. The van der Waals surface area contributed by atoms with Crippen molar-refractivity contribution in [1.82, 2.24) is 0 Å². The predicted molar refractivity (Wildman–Crippen MR) is 76.2 cm³/mol. The summed E-state index contributed by atoms with van der Waals surface area (Å²) in [5.74, 6) is 0. The Morgan fingerprint density at radius 1 is 0.895 bits per heavy atom. The largest absolute Gasteiger partial charge is 0.264 e. The Labute approximate surface area is 114 Å². The first-order chi connectivity index (χ1) is 8.96. The van der Waals surface area contributed by atoms with Crippen LogP contribution >= 0.6 is 0 Å². The number of hydrogen-bond acceptors (Lipinski definition) is 3.